The summed E-state index contributed by atoms with van der Waals surface area (Å²) < 4.78 is 5.68. The number of nitrogens with zero attached hydrogens (tertiary/aromatic N) is 2. The number of carbonyl (C=O) groups excluding carboxylic acids is 1. The summed E-state index contributed by atoms with van der Waals surface area (Å²) in [5, 5.41) is 5.13. The highest BCUT2D eigenvalue weighted by Gasteiger charge is 2.13. The lowest BCUT2D eigenvalue weighted by molar-refractivity contribution is -0.120. The molecule has 0 aliphatic carbocycles. The van der Waals surface area contributed by atoms with Gasteiger partial charge in [-0.25, -0.2) is 10.4 Å². The lowest BCUT2D eigenvalue weighted by atomic mass is 10.2. The number of carbonyl (C=O) groups is 1. The fourth-order valence-electron chi connectivity index (χ4n) is 2.93. The Hall–Kier alpha value is -3.23. The quantitative estimate of drug-likeness (QED) is 0.358. The maximum Gasteiger partial charge on any atom is 0.259 e. The summed E-state index contributed by atoms with van der Waals surface area (Å²) in [6.07, 6.45) is 1.31. The van der Waals surface area contributed by atoms with Gasteiger partial charge in [-0.3, -0.25) is 9.59 Å². The van der Waals surface area contributed by atoms with Crippen molar-refractivity contribution < 1.29 is 9.21 Å². The van der Waals surface area contributed by atoms with Crippen molar-refractivity contribution in [2.45, 2.75) is 20.3 Å². The molecule has 0 saturated heterocycles. The highest BCUT2D eigenvalue weighted by molar-refractivity contribution is 7.18. The average Bonchev–Trinajstić information content (AvgIpc) is 3.27. The minimum atomic E-state index is -0.400. The predicted octanol–water partition coefficient (Wildman–Crippen LogP) is 4.21. The van der Waals surface area contributed by atoms with Crippen LogP contribution < -0.4 is 11.0 Å². The third kappa shape index (κ3) is 4.19. The van der Waals surface area contributed by atoms with Gasteiger partial charge in [0, 0.05) is 15.5 Å². The topological polar surface area (TPSA) is 100 Å². The first kappa shape index (κ1) is 20.1. The molecule has 0 atom stereocenters. The first-order valence-electron chi connectivity index (χ1n) is 9.07. The van der Waals surface area contributed by atoms with Gasteiger partial charge in [0.15, 0.2) is 0 Å². The second-order valence-electron chi connectivity index (χ2n) is 6.65. The summed E-state index contributed by atoms with van der Waals surface area (Å²) in [6, 6.07) is 10.8. The van der Waals surface area contributed by atoms with E-state index in [-0.39, 0.29) is 12.0 Å². The zero-order valence-corrected chi connectivity index (χ0v) is 17.7. The van der Waals surface area contributed by atoms with Crippen LogP contribution in [-0.4, -0.2) is 22.1 Å². The van der Waals surface area contributed by atoms with Crippen molar-refractivity contribution in [2.24, 2.45) is 5.10 Å². The number of furan rings is 1. The fourth-order valence-corrected chi connectivity index (χ4v) is 4.11. The lowest BCUT2D eigenvalue weighted by Gasteiger charge is -2.00. The Kier molecular flexibility index (Phi) is 5.52. The van der Waals surface area contributed by atoms with E-state index in [1.54, 1.807) is 24.3 Å². The second-order valence-corrected chi connectivity index (χ2v) is 8.29. The Balaban J connectivity index is 1.40. The van der Waals surface area contributed by atoms with Gasteiger partial charge in [0.2, 0.25) is 5.91 Å². The van der Waals surface area contributed by atoms with Crippen LogP contribution in [0.4, 0.5) is 0 Å². The van der Waals surface area contributed by atoms with Gasteiger partial charge in [-0.2, -0.15) is 5.10 Å². The molecule has 1 amide bonds. The number of aromatic nitrogens is 2. The largest absolute Gasteiger partial charge is 0.455 e. The lowest BCUT2D eigenvalue weighted by Crippen LogP contribution is -2.23. The van der Waals surface area contributed by atoms with E-state index in [9.17, 15) is 9.59 Å². The van der Waals surface area contributed by atoms with Crippen LogP contribution in [0, 0.1) is 13.8 Å². The molecule has 0 saturated carbocycles. The van der Waals surface area contributed by atoms with Crippen molar-refractivity contribution in [3.8, 4) is 11.3 Å². The van der Waals surface area contributed by atoms with E-state index in [0.29, 0.717) is 32.6 Å². The van der Waals surface area contributed by atoms with Crippen LogP contribution in [0.3, 0.4) is 0 Å². The van der Waals surface area contributed by atoms with Gasteiger partial charge in [-0.15, -0.1) is 11.3 Å². The minimum Gasteiger partial charge on any atom is -0.455 e. The number of aromatic amines is 1. The third-order valence-electron chi connectivity index (χ3n) is 4.55. The zero-order valence-electron chi connectivity index (χ0n) is 16.2. The summed E-state index contributed by atoms with van der Waals surface area (Å²) in [5.41, 5.74) is 3.98. The number of hydrogen-bond donors (Lipinski definition) is 2. The highest BCUT2D eigenvalue weighted by atomic mass is 35.5. The van der Waals surface area contributed by atoms with Crippen molar-refractivity contribution in [1.82, 2.24) is 15.4 Å². The molecule has 4 rings (SSSR count). The number of rotatable bonds is 5. The van der Waals surface area contributed by atoms with E-state index in [1.165, 1.54) is 17.6 Å². The van der Waals surface area contributed by atoms with Crippen LogP contribution in [0.15, 0.2) is 50.7 Å². The molecule has 1 aromatic carbocycles. The molecule has 0 fully saturated rings. The molecular formula is C21H17ClN4O3S. The van der Waals surface area contributed by atoms with Crippen LogP contribution in [0.2, 0.25) is 5.02 Å². The van der Waals surface area contributed by atoms with Gasteiger partial charge < -0.3 is 9.40 Å². The third-order valence-corrected chi connectivity index (χ3v) is 5.91. The maximum absolute atomic E-state index is 12.3. The van der Waals surface area contributed by atoms with E-state index in [4.69, 9.17) is 16.0 Å². The van der Waals surface area contributed by atoms with Gasteiger partial charge in [0.05, 0.1) is 18.0 Å². The minimum absolute atomic E-state index is 0.0906. The van der Waals surface area contributed by atoms with Crippen molar-refractivity contribution in [1.29, 1.82) is 0 Å². The van der Waals surface area contributed by atoms with E-state index in [0.717, 1.165) is 16.0 Å². The van der Waals surface area contributed by atoms with Gasteiger partial charge in [-0.1, -0.05) is 11.6 Å². The number of H-pyrrole nitrogens is 1. The molecule has 7 nitrogen and oxygen atoms in total. The standard InChI is InChI=1S/C21H17ClN4O3S/c1-11-12(2)30-21-19(11)20(28)24-17(25-21)9-18(27)26-23-10-15-7-8-16(29-15)13-3-5-14(22)6-4-13/h3-8,10H,9H2,1-2H3,(H,26,27)(H,24,25,28)/b23-10+. The molecule has 0 spiro atoms. The van der Waals surface area contributed by atoms with E-state index in [2.05, 4.69) is 20.5 Å². The zero-order chi connectivity index (χ0) is 21.3. The molecular weight excluding hydrogens is 424 g/mol. The molecule has 0 unspecified atom stereocenters. The number of halogens is 1. The SMILES string of the molecule is Cc1sc2nc(CC(=O)N/N=C/c3ccc(-c4ccc(Cl)cc4)o3)[nH]c(=O)c2c1C. The Morgan fingerprint density at radius 1 is 1.27 bits per heavy atom. The summed E-state index contributed by atoms with van der Waals surface area (Å²) in [6.45, 7) is 3.83. The number of thiophene rings is 1. The van der Waals surface area contributed by atoms with E-state index >= 15 is 0 Å². The fraction of sp³-hybridized carbons (Fsp3) is 0.143. The van der Waals surface area contributed by atoms with E-state index in [1.807, 2.05) is 26.0 Å². The summed E-state index contributed by atoms with van der Waals surface area (Å²) in [4.78, 5) is 33.2. The van der Waals surface area contributed by atoms with Crippen molar-refractivity contribution in [2.75, 3.05) is 0 Å². The highest BCUT2D eigenvalue weighted by Crippen LogP contribution is 2.26. The second kappa shape index (κ2) is 8.25. The molecule has 0 bridgehead atoms. The first-order chi connectivity index (χ1) is 14.4. The number of hydrogen-bond acceptors (Lipinski definition) is 6. The van der Waals surface area contributed by atoms with Crippen LogP contribution in [0.5, 0.6) is 0 Å². The van der Waals surface area contributed by atoms with Crippen LogP contribution in [-0.2, 0) is 11.2 Å². The van der Waals surface area contributed by atoms with Gasteiger partial charge in [0.25, 0.3) is 5.56 Å². The average molecular weight is 441 g/mol. The first-order valence-corrected chi connectivity index (χ1v) is 10.3. The summed E-state index contributed by atoms with van der Waals surface area (Å²) >= 11 is 7.33. The van der Waals surface area contributed by atoms with Gasteiger partial charge in [0.1, 0.15) is 22.2 Å². The molecule has 3 heterocycles. The van der Waals surface area contributed by atoms with Crippen molar-refractivity contribution in [3.05, 3.63) is 73.8 Å². The Morgan fingerprint density at radius 2 is 2.03 bits per heavy atom. The molecule has 9 heteroatoms. The molecule has 4 aromatic rings. The van der Waals surface area contributed by atoms with E-state index < -0.39 is 5.91 Å². The Morgan fingerprint density at radius 3 is 2.80 bits per heavy atom. The predicted molar refractivity (Wildman–Crippen MR) is 118 cm³/mol. The van der Waals surface area contributed by atoms with Gasteiger partial charge >= 0.3 is 0 Å². The number of hydrazone groups is 1. The Bertz CT molecular complexity index is 1320. The number of aryl methyl sites for hydroxylation is 2. The Labute approximate surface area is 180 Å². The van der Waals surface area contributed by atoms with Crippen molar-refractivity contribution >= 4 is 45.3 Å². The molecule has 152 valence electrons. The van der Waals surface area contributed by atoms with Gasteiger partial charge in [-0.05, 0) is 55.8 Å². The normalized spacial score (nSPS) is 11.4. The molecule has 30 heavy (non-hydrogen) atoms. The number of fused-ring (bicyclic) bond motifs is 1. The molecule has 0 aliphatic rings. The van der Waals surface area contributed by atoms with Crippen LogP contribution in [0.25, 0.3) is 21.5 Å². The summed E-state index contributed by atoms with van der Waals surface area (Å²) in [5.74, 6) is 1.04. The molecule has 0 aliphatic heterocycles. The van der Waals surface area contributed by atoms with Crippen molar-refractivity contribution in [3.63, 3.8) is 0 Å². The monoisotopic (exact) mass is 440 g/mol. The summed E-state index contributed by atoms with van der Waals surface area (Å²) in [7, 11) is 0. The number of nitrogens with one attached hydrogen (secondary N) is 2. The maximum atomic E-state index is 12.3. The molecule has 0 radical (unpaired) electrons. The number of benzene rings is 1. The van der Waals surface area contributed by atoms with Crippen LogP contribution >= 0.6 is 22.9 Å². The number of amides is 1. The smallest absolute Gasteiger partial charge is 0.259 e. The molecule has 2 N–H and O–H groups in total. The molecule has 3 aromatic heterocycles. The van der Waals surface area contributed by atoms with Crippen LogP contribution in [0.1, 0.15) is 22.0 Å².